The molecule has 8 heteroatoms. The molecule has 1 atom stereocenters. The zero-order valence-corrected chi connectivity index (χ0v) is 19.5. The van der Waals surface area contributed by atoms with Crippen LogP contribution in [0.5, 0.6) is 0 Å². The standard InChI is InChI=1S/C23H26ClN3O3S/c1-22(2,3)14-23(31-4)26-19(25-20(28)15-10-12-16(24)13-11-15)18(21(29)30)27(23)17-8-6-5-7-9-17/h5-13,26H,14H2,1-4H3,(H,25,28)(H,29,30). The summed E-state index contributed by atoms with van der Waals surface area (Å²) >= 11 is 7.42. The number of halogens is 1. The molecular weight excluding hydrogens is 434 g/mol. The van der Waals surface area contributed by atoms with Gasteiger partial charge in [-0.2, -0.15) is 0 Å². The molecule has 0 radical (unpaired) electrons. The van der Waals surface area contributed by atoms with Gasteiger partial charge in [0.1, 0.15) is 5.82 Å². The third kappa shape index (κ3) is 4.99. The maximum absolute atomic E-state index is 12.9. The molecule has 1 aliphatic heterocycles. The highest BCUT2D eigenvalue weighted by molar-refractivity contribution is 8.00. The van der Waals surface area contributed by atoms with Crippen molar-refractivity contribution in [2.75, 3.05) is 11.2 Å². The average Bonchev–Trinajstić information content (AvgIpc) is 3.01. The van der Waals surface area contributed by atoms with Gasteiger partial charge in [-0.25, -0.2) is 4.79 Å². The Morgan fingerprint density at radius 3 is 2.26 bits per heavy atom. The Labute approximate surface area is 191 Å². The van der Waals surface area contributed by atoms with Crippen molar-refractivity contribution in [2.24, 2.45) is 5.41 Å². The first-order chi connectivity index (χ1) is 14.6. The van der Waals surface area contributed by atoms with Gasteiger partial charge in [0.15, 0.2) is 10.7 Å². The van der Waals surface area contributed by atoms with E-state index in [1.54, 1.807) is 29.2 Å². The van der Waals surface area contributed by atoms with E-state index in [1.807, 2.05) is 36.6 Å². The van der Waals surface area contributed by atoms with E-state index in [9.17, 15) is 14.7 Å². The molecule has 2 aromatic carbocycles. The predicted molar refractivity (Wildman–Crippen MR) is 126 cm³/mol. The highest BCUT2D eigenvalue weighted by Gasteiger charge is 2.50. The van der Waals surface area contributed by atoms with Gasteiger partial charge in [-0.3, -0.25) is 9.69 Å². The van der Waals surface area contributed by atoms with Gasteiger partial charge in [0.2, 0.25) is 0 Å². The third-order valence-corrected chi connectivity index (χ3v) is 6.17. The van der Waals surface area contributed by atoms with Gasteiger partial charge in [-0.05, 0) is 48.1 Å². The molecule has 0 aliphatic carbocycles. The molecule has 0 fully saturated rings. The Morgan fingerprint density at radius 2 is 1.74 bits per heavy atom. The highest BCUT2D eigenvalue weighted by Crippen LogP contribution is 2.45. The van der Waals surface area contributed by atoms with Crippen LogP contribution in [0.2, 0.25) is 5.02 Å². The normalized spacial score (nSPS) is 18.7. The summed E-state index contributed by atoms with van der Waals surface area (Å²) in [6.45, 7) is 6.29. The number of anilines is 1. The zero-order valence-electron chi connectivity index (χ0n) is 17.9. The summed E-state index contributed by atoms with van der Waals surface area (Å²) in [5.41, 5.74) is 0.975. The molecule has 3 N–H and O–H groups in total. The van der Waals surface area contributed by atoms with Crippen LogP contribution in [0.25, 0.3) is 0 Å². The maximum Gasteiger partial charge on any atom is 0.356 e. The van der Waals surface area contributed by atoms with E-state index in [0.717, 1.165) is 5.69 Å². The number of para-hydroxylation sites is 1. The second-order valence-electron chi connectivity index (χ2n) is 8.51. The molecule has 31 heavy (non-hydrogen) atoms. The van der Waals surface area contributed by atoms with Gasteiger partial charge in [0, 0.05) is 22.7 Å². The Hall–Kier alpha value is -2.64. The Balaban J connectivity index is 2.09. The fourth-order valence-electron chi connectivity index (χ4n) is 3.65. The SMILES string of the molecule is CSC1(CC(C)(C)C)NC(NC(=O)c2ccc(Cl)cc2)=C(C(=O)O)N1c1ccccc1. The van der Waals surface area contributed by atoms with Crippen molar-refractivity contribution in [1.82, 2.24) is 10.6 Å². The Morgan fingerprint density at radius 1 is 1.13 bits per heavy atom. The Kier molecular flexibility index (Phi) is 6.57. The summed E-state index contributed by atoms with van der Waals surface area (Å²) < 4.78 is 0. The summed E-state index contributed by atoms with van der Waals surface area (Å²) in [4.78, 5) is 26.2. The van der Waals surface area contributed by atoms with E-state index in [0.29, 0.717) is 17.0 Å². The van der Waals surface area contributed by atoms with Crippen molar-refractivity contribution in [3.05, 3.63) is 76.7 Å². The molecule has 6 nitrogen and oxygen atoms in total. The van der Waals surface area contributed by atoms with E-state index in [4.69, 9.17) is 11.6 Å². The van der Waals surface area contributed by atoms with Gasteiger partial charge in [0.25, 0.3) is 5.91 Å². The van der Waals surface area contributed by atoms with Crippen LogP contribution in [0, 0.1) is 5.41 Å². The van der Waals surface area contributed by atoms with Crippen molar-refractivity contribution >= 4 is 40.9 Å². The smallest absolute Gasteiger partial charge is 0.356 e. The first-order valence-corrected chi connectivity index (χ1v) is 11.4. The summed E-state index contributed by atoms with van der Waals surface area (Å²) in [6.07, 6.45) is 2.55. The average molecular weight is 460 g/mol. The number of rotatable bonds is 6. The monoisotopic (exact) mass is 459 g/mol. The number of carbonyl (C=O) groups excluding carboxylic acids is 1. The molecule has 1 unspecified atom stereocenters. The van der Waals surface area contributed by atoms with Crippen LogP contribution in [0.1, 0.15) is 37.6 Å². The lowest BCUT2D eigenvalue weighted by Gasteiger charge is -2.42. The first-order valence-electron chi connectivity index (χ1n) is 9.79. The number of nitrogens with zero attached hydrogens (tertiary/aromatic N) is 1. The number of nitrogens with one attached hydrogen (secondary N) is 2. The summed E-state index contributed by atoms with van der Waals surface area (Å²) in [5.74, 6) is -1.39. The number of carboxylic acid groups (broad SMARTS) is 1. The molecule has 1 heterocycles. The van der Waals surface area contributed by atoms with Crippen LogP contribution < -0.4 is 15.5 Å². The lowest BCUT2D eigenvalue weighted by atomic mass is 9.90. The molecule has 2 aromatic rings. The third-order valence-electron chi connectivity index (χ3n) is 4.81. The largest absolute Gasteiger partial charge is 0.476 e. The molecule has 164 valence electrons. The number of amides is 1. The molecule has 0 saturated heterocycles. The number of aliphatic carboxylic acids is 1. The van der Waals surface area contributed by atoms with Crippen LogP contribution in [0.3, 0.4) is 0 Å². The molecule has 0 spiro atoms. The van der Waals surface area contributed by atoms with Crippen LogP contribution >= 0.6 is 23.4 Å². The number of carbonyl (C=O) groups is 2. The van der Waals surface area contributed by atoms with E-state index in [-0.39, 0.29) is 16.9 Å². The second kappa shape index (κ2) is 8.85. The number of thioether (sulfide) groups is 1. The lowest BCUT2D eigenvalue weighted by molar-refractivity contribution is -0.132. The van der Waals surface area contributed by atoms with Crippen molar-refractivity contribution in [2.45, 2.75) is 32.2 Å². The number of hydrogen-bond acceptors (Lipinski definition) is 5. The van der Waals surface area contributed by atoms with E-state index >= 15 is 0 Å². The van der Waals surface area contributed by atoms with Crippen LogP contribution in [0.4, 0.5) is 5.69 Å². The highest BCUT2D eigenvalue weighted by atomic mass is 35.5. The maximum atomic E-state index is 12.9. The number of benzene rings is 2. The first kappa shape index (κ1) is 23.0. The van der Waals surface area contributed by atoms with Crippen molar-refractivity contribution in [1.29, 1.82) is 0 Å². The lowest BCUT2D eigenvalue weighted by Crippen LogP contribution is -2.53. The molecular formula is C23H26ClN3O3S. The second-order valence-corrected chi connectivity index (χ2v) is 10.0. The van der Waals surface area contributed by atoms with Gasteiger partial charge in [-0.15, -0.1) is 11.8 Å². The molecule has 3 rings (SSSR count). The fraction of sp³-hybridized carbons (Fsp3) is 0.304. The van der Waals surface area contributed by atoms with Crippen LogP contribution in [-0.2, 0) is 4.79 Å². The molecule has 1 amide bonds. The van der Waals surface area contributed by atoms with Crippen molar-refractivity contribution in [3.8, 4) is 0 Å². The van der Waals surface area contributed by atoms with Crippen LogP contribution in [-0.4, -0.2) is 28.2 Å². The van der Waals surface area contributed by atoms with Gasteiger partial charge < -0.3 is 15.7 Å². The number of hydrogen-bond donors (Lipinski definition) is 3. The van der Waals surface area contributed by atoms with Gasteiger partial charge >= 0.3 is 5.97 Å². The van der Waals surface area contributed by atoms with E-state index in [1.165, 1.54) is 11.8 Å². The molecule has 0 bridgehead atoms. The van der Waals surface area contributed by atoms with E-state index < -0.39 is 16.9 Å². The van der Waals surface area contributed by atoms with Gasteiger partial charge in [0.05, 0.1) is 0 Å². The quantitative estimate of drug-likeness (QED) is 0.570. The van der Waals surface area contributed by atoms with Crippen LogP contribution in [0.15, 0.2) is 66.1 Å². The van der Waals surface area contributed by atoms with Crippen molar-refractivity contribution < 1.29 is 14.7 Å². The minimum atomic E-state index is -1.13. The Bertz CT molecular complexity index is 1000. The summed E-state index contributed by atoms with van der Waals surface area (Å²) in [5, 5.41) is 16.8. The summed E-state index contributed by atoms with van der Waals surface area (Å²) in [6, 6.07) is 15.8. The van der Waals surface area contributed by atoms with Crippen molar-refractivity contribution in [3.63, 3.8) is 0 Å². The molecule has 1 aliphatic rings. The van der Waals surface area contributed by atoms with Gasteiger partial charge in [-0.1, -0.05) is 50.6 Å². The number of carboxylic acids is 1. The summed E-state index contributed by atoms with van der Waals surface area (Å²) in [7, 11) is 0. The molecule has 0 aromatic heterocycles. The van der Waals surface area contributed by atoms with E-state index in [2.05, 4.69) is 31.4 Å². The molecule has 0 saturated carbocycles. The predicted octanol–water partition coefficient (Wildman–Crippen LogP) is 4.89. The minimum absolute atomic E-state index is 0.00730. The zero-order chi connectivity index (χ0) is 22.8. The topological polar surface area (TPSA) is 81.7 Å². The fourth-order valence-corrected chi connectivity index (χ4v) is 4.94. The minimum Gasteiger partial charge on any atom is -0.476 e.